The van der Waals surface area contributed by atoms with Crippen LogP contribution in [-0.2, 0) is 18.1 Å². The summed E-state index contributed by atoms with van der Waals surface area (Å²) in [6.07, 6.45) is -4.75. The number of anilines is 1. The van der Waals surface area contributed by atoms with Gasteiger partial charge in [0.05, 0.1) is 22.8 Å². The van der Waals surface area contributed by atoms with Gasteiger partial charge in [0.15, 0.2) is 0 Å². The first kappa shape index (κ1) is 25.5. The van der Waals surface area contributed by atoms with Crippen LogP contribution in [0.3, 0.4) is 0 Å². The number of hydrogen-bond acceptors (Lipinski definition) is 5. The number of alkyl halides is 3. The molecule has 0 aliphatic carbocycles. The summed E-state index contributed by atoms with van der Waals surface area (Å²) in [4.78, 5) is 39.6. The molecule has 1 aromatic heterocycles. The lowest BCUT2D eigenvalue weighted by molar-refractivity contribution is -0.137. The zero-order valence-corrected chi connectivity index (χ0v) is 20.1. The van der Waals surface area contributed by atoms with E-state index < -0.39 is 57.7 Å². The van der Waals surface area contributed by atoms with Crippen molar-refractivity contribution in [3.8, 4) is 5.69 Å². The number of carbonyl (C=O) groups is 1. The Balaban J connectivity index is 1.91. The summed E-state index contributed by atoms with van der Waals surface area (Å²) in [7, 11) is 1.66. The summed E-state index contributed by atoms with van der Waals surface area (Å²) in [5, 5.41) is 19.5. The van der Waals surface area contributed by atoms with Crippen molar-refractivity contribution in [2.75, 3.05) is 11.9 Å². The van der Waals surface area contributed by atoms with Crippen molar-refractivity contribution in [2.45, 2.75) is 38.2 Å². The van der Waals surface area contributed by atoms with Gasteiger partial charge in [0, 0.05) is 24.3 Å². The van der Waals surface area contributed by atoms with Crippen LogP contribution in [0.4, 0.5) is 18.9 Å². The highest BCUT2D eigenvalue weighted by atomic mass is 35.5. The second-order valence-corrected chi connectivity index (χ2v) is 9.45. The molecule has 0 saturated carbocycles. The Morgan fingerprint density at radius 1 is 1.17 bits per heavy atom. The standard InChI is InChI=1S/C24H21ClF3N3O5/c1-23(2)15-8-7-13(9-17(15)29(3)21(23)35)30-11-14(20(33)34)19(32)31(22(30)36)10-12-5-4-6-16(18(12)25)24(26,27)28/h4-9,11,21,35H,10H2,1-3H3,(H,33,34). The predicted molar refractivity (Wildman–Crippen MR) is 126 cm³/mol. The zero-order valence-electron chi connectivity index (χ0n) is 19.3. The number of halogens is 4. The van der Waals surface area contributed by atoms with E-state index in [4.69, 9.17) is 11.6 Å². The highest BCUT2D eigenvalue weighted by Crippen LogP contribution is 2.44. The molecule has 1 aliphatic heterocycles. The van der Waals surface area contributed by atoms with Gasteiger partial charge in [-0.25, -0.2) is 9.59 Å². The normalized spacial score (nSPS) is 16.8. The van der Waals surface area contributed by atoms with Gasteiger partial charge in [-0.1, -0.05) is 43.6 Å². The molecule has 0 fully saturated rings. The first-order chi connectivity index (χ1) is 16.7. The van der Waals surface area contributed by atoms with Crippen molar-refractivity contribution in [2.24, 2.45) is 0 Å². The Morgan fingerprint density at radius 3 is 2.44 bits per heavy atom. The maximum absolute atomic E-state index is 13.3. The fraction of sp³-hybridized carbons (Fsp3) is 0.292. The third kappa shape index (κ3) is 3.97. The van der Waals surface area contributed by atoms with Gasteiger partial charge in [-0.15, -0.1) is 0 Å². The quantitative estimate of drug-likeness (QED) is 0.543. The van der Waals surface area contributed by atoms with E-state index in [1.807, 2.05) is 13.8 Å². The topological polar surface area (TPSA) is 105 Å². The van der Waals surface area contributed by atoms with Crippen LogP contribution >= 0.6 is 11.6 Å². The summed E-state index contributed by atoms with van der Waals surface area (Å²) in [6, 6.07) is 7.84. The van der Waals surface area contributed by atoms with Gasteiger partial charge in [0.2, 0.25) is 0 Å². The number of carboxylic acids is 1. The van der Waals surface area contributed by atoms with E-state index in [-0.39, 0.29) is 11.3 Å². The molecule has 2 N–H and O–H groups in total. The summed E-state index contributed by atoms with van der Waals surface area (Å²) >= 11 is 5.94. The minimum absolute atomic E-state index is 0.182. The minimum atomic E-state index is -4.77. The number of fused-ring (bicyclic) bond motifs is 1. The van der Waals surface area contributed by atoms with Crippen LogP contribution in [0.2, 0.25) is 5.02 Å². The molecule has 0 saturated heterocycles. The molecule has 1 atom stereocenters. The average Bonchev–Trinajstić information content (AvgIpc) is 2.96. The third-order valence-electron chi connectivity index (χ3n) is 6.46. The number of likely N-dealkylation sites (N-methyl/N-ethyl adjacent to an activating group) is 1. The molecule has 2 heterocycles. The van der Waals surface area contributed by atoms with E-state index in [1.165, 1.54) is 12.1 Å². The first-order valence-electron chi connectivity index (χ1n) is 10.7. The predicted octanol–water partition coefficient (Wildman–Crippen LogP) is 3.46. The van der Waals surface area contributed by atoms with Crippen molar-refractivity contribution in [1.82, 2.24) is 9.13 Å². The smallest absolute Gasteiger partial charge is 0.417 e. The molecule has 0 spiro atoms. The van der Waals surface area contributed by atoms with Crippen LogP contribution in [0.25, 0.3) is 5.69 Å². The maximum Gasteiger partial charge on any atom is 0.417 e. The van der Waals surface area contributed by atoms with E-state index >= 15 is 0 Å². The zero-order chi connectivity index (χ0) is 26.7. The molecule has 1 unspecified atom stereocenters. The first-order valence-corrected chi connectivity index (χ1v) is 11.0. The second-order valence-electron chi connectivity index (χ2n) is 9.08. The maximum atomic E-state index is 13.3. The number of aromatic nitrogens is 2. The van der Waals surface area contributed by atoms with E-state index in [2.05, 4.69) is 0 Å². The van der Waals surface area contributed by atoms with Gasteiger partial charge in [-0.3, -0.25) is 13.9 Å². The SMILES string of the molecule is CN1c2cc(-n3cc(C(=O)O)c(=O)n(Cc4cccc(C(F)(F)F)c4Cl)c3=O)ccc2C(C)(C)C1O. The van der Waals surface area contributed by atoms with Gasteiger partial charge < -0.3 is 15.1 Å². The van der Waals surface area contributed by atoms with Crippen LogP contribution in [-0.4, -0.2) is 38.6 Å². The lowest BCUT2D eigenvalue weighted by Gasteiger charge is -2.26. The molecule has 4 rings (SSSR count). The Bertz CT molecular complexity index is 1510. The van der Waals surface area contributed by atoms with Crippen LogP contribution in [0.15, 0.2) is 52.2 Å². The van der Waals surface area contributed by atoms with Crippen molar-refractivity contribution < 1.29 is 28.2 Å². The highest BCUT2D eigenvalue weighted by molar-refractivity contribution is 6.32. The van der Waals surface area contributed by atoms with E-state index in [0.717, 1.165) is 28.5 Å². The number of carboxylic acid groups (broad SMARTS) is 1. The van der Waals surface area contributed by atoms with Crippen molar-refractivity contribution in [3.05, 3.63) is 90.7 Å². The molecule has 190 valence electrons. The van der Waals surface area contributed by atoms with Gasteiger partial charge >= 0.3 is 17.8 Å². The van der Waals surface area contributed by atoms with Gasteiger partial charge in [0.1, 0.15) is 11.8 Å². The summed E-state index contributed by atoms with van der Waals surface area (Å²) in [5.74, 6) is -1.62. The number of nitrogens with zero attached hydrogens (tertiary/aromatic N) is 3. The molecular formula is C24H21ClF3N3O5. The number of aliphatic hydroxyl groups is 1. The molecule has 1 aliphatic rings. The Hall–Kier alpha value is -3.57. The molecule has 0 amide bonds. The van der Waals surface area contributed by atoms with Crippen LogP contribution in [0.5, 0.6) is 0 Å². The highest BCUT2D eigenvalue weighted by Gasteiger charge is 2.42. The number of aliphatic hydroxyl groups excluding tert-OH is 1. The number of aromatic carboxylic acids is 1. The van der Waals surface area contributed by atoms with Crippen molar-refractivity contribution in [1.29, 1.82) is 0 Å². The number of rotatable bonds is 4. The Morgan fingerprint density at radius 2 is 1.83 bits per heavy atom. The Labute approximate surface area is 207 Å². The summed E-state index contributed by atoms with van der Waals surface area (Å²) in [6.45, 7) is 3.00. The van der Waals surface area contributed by atoms with Crippen LogP contribution < -0.4 is 16.1 Å². The molecule has 8 nitrogen and oxygen atoms in total. The number of benzene rings is 2. The number of hydrogen-bond donors (Lipinski definition) is 2. The van der Waals surface area contributed by atoms with Crippen LogP contribution in [0.1, 0.15) is 40.9 Å². The fourth-order valence-corrected chi connectivity index (χ4v) is 4.72. The molecule has 2 aromatic carbocycles. The molecule has 0 bridgehead atoms. The van der Waals surface area contributed by atoms with E-state index in [0.29, 0.717) is 10.3 Å². The third-order valence-corrected chi connectivity index (χ3v) is 6.91. The molecular weight excluding hydrogens is 503 g/mol. The van der Waals surface area contributed by atoms with Crippen molar-refractivity contribution in [3.63, 3.8) is 0 Å². The lowest BCUT2D eigenvalue weighted by atomic mass is 9.85. The summed E-state index contributed by atoms with van der Waals surface area (Å²) in [5.41, 5.74) is -3.30. The van der Waals surface area contributed by atoms with E-state index in [9.17, 15) is 37.8 Å². The molecule has 12 heteroatoms. The Kier molecular flexibility index (Phi) is 6.04. The van der Waals surface area contributed by atoms with E-state index in [1.54, 1.807) is 24.1 Å². The van der Waals surface area contributed by atoms with Gasteiger partial charge in [0.25, 0.3) is 5.56 Å². The lowest BCUT2D eigenvalue weighted by Crippen LogP contribution is -2.42. The van der Waals surface area contributed by atoms with Gasteiger partial charge in [-0.05, 0) is 29.3 Å². The summed E-state index contributed by atoms with van der Waals surface area (Å²) < 4.78 is 41.3. The molecule has 3 aromatic rings. The average molecular weight is 524 g/mol. The molecule has 36 heavy (non-hydrogen) atoms. The largest absolute Gasteiger partial charge is 0.477 e. The monoisotopic (exact) mass is 523 g/mol. The van der Waals surface area contributed by atoms with Crippen molar-refractivity contribution >= 4 is 23.3 Å². The second kappa shape index (κ2) is 8.52. The van der Waals surface area contributed by atoms with Crippen LogP contribution in [0, 0.1) is 0 Å². The van der Waals surface area contributed by atoms with Gasteiger partial charge in [-0.2, -0.15) is 13.2 Å². The fourth-order valence-electron chi connectivity index (χ4n) is 4.43. The minimum Gasteiger partial charge on any atom is -0.477 e. The molecule has 0 radical (unpaired) electrons.